The molecule has 19 heavy (non-hydrogen) atoms. The molecule has 0 aromatic heterocycles. The Bertz CT molecular complexity index is 530. The van der Waals surface area contributed by atoms with Crippen molar-refractivity contribution >= 4 is 28.9 Å². The van der Waals surface area contributed by atoms with Gasteiger partial charge in [0.1, 0.15) is 0 Å². The Hall–Kier alpha value is -1.55. The number of carbonyl (C=O) groups is 1. The maximum absolute atomic E-state index is 11.9. The van der Waals surface area contributed by atoms with E-state index in [0.717, 1.165) is 28.7 Å². The molecule has 3 rings (SSSR count). The quantitative estimate of drug-likeness (QED) is 0.736. The monoisotopic (exact) mass is 272 g/mol. The number of amides is 1. The minimum absolute atomic E-state index is 0.102. The highest BCUT2D eigenvalue weighted by atomic mass is 32.2. The standard InChI is InChI=1S/C15H16N2OS/c18-14-13(11-12-7-3-1-4-8-12)19-15(16-14)17-9-5-2-6-10-17/h1,3-4,7-8,11H,2,5-6,9-10H2. The Morgan fingerprint density at radius 3 is 2.58 bits per heavy atom. The van der Waals surface area contributed by atoms with Gasteiger partial charge in [-0.2, -0.15) is 4.99 Å². The lowest BCUT2D eigenvalue weighted by molar-refractivity contribution is -0.113. The number of thioether (sulfide) groups is 1. The highest BCUT2D eigenvalue weighted by molar-refractivity contribution is 8.18. The molecule has 2 heterocycles. The molecule has 2 aliphatic heterocycles. The van der Waals surface area contributed by atoms with E-state index < -0.39 is 0 Å². The third-order valence-electron chi connectivity index (χ3n) is 3.33. The van der Waals surface area contributed by atoms with Crippen LogP contribution in [0.1, 0.15) is 24.8 Å². The van der Waals surface area contributed by atoms with E-state index in [-0.39, 0.29) is 5.91 Å². The number of nitrogens with zero attached hydrogens (tertiary/aromatic N) is 2. The Morgan fingerprint density at radius 2 is 1.84 bits per heavy atom. The Kier molecular flexibility index (Phi) is 3.69. The van der Waals surface area contributed by atoms with Crippen molar-refractivity contribution in [2.75, 3.05) is 13.1 Å². The zero-order chi connectivity index (χ0) is 13.1. The van der Waals surface area contributed by atoms with E-state index in [9.17, 15) is 4.79 Å². The molecule has 1 aromatic rings. The highest BCUT2D eigenvalue weighted by Crippen LogP contribution is 2.31. The van der Waals surface area contributed by atoms with Gasteiger partial charge in [-0.1, -0.05) is 30.3 Å². The van der Waals surface area contributed by atoms with Crippen LogP contribution in [0.25, 0.3) is 6.08 Å². The van der Waals surface area contributed by atoms with Gasteiger partial charge in [-0.3, -0.25) is 4.79 Å². The first kappa shape index (κ1) is 12.5. The van der Waals surface area contributed by atoms with E-state index in [1.807, 2.05) is 36.4 Å². The number of hydrogen-bond acceptors (Lipinski definition) is 3. The zero-order valence-electron chi connectivity index (χ0n) is 10.7. The van der Waals surface area contributed by atoms with Crippen LogP contribution in [-0.4, -0.2) is 29.1 Å². The lowest BCUT2D eigenvalue weighted by Gasteiger charge is -2.27. The number of likely N-dealkylation sites (tertiary alicyclic amines) is 1. The minimum atomic E-state index is -0.102. The second-order valence-electron chi connectivity index (χ2n) is 4.77. The van der Waals surface area contributed by atoms with Gasteiger partial charge in [0.15, 0.2) is 5.17 Å². The third-order valence-corrected chi connectivity index (χ3v) is 4.38. The summed E-state index contributed by atoms with van der Waals surface area (Å²) in [6.45, 7) is 2.05. The maximum atomic E-state index is 11.9. The molecule has 2 aliphatic rings. The van der Waals surface area contributed by atoms with Gasteiger partial charge in [0.25, 0.3) is 5.91 Å². The summed E-state index contributed by atoms with van der Waals surface area (Å²) in [7, 11) is 0. The first-order valence-electron chi connectivity index (χ1n) is 6.65. The van der Waals surface area contributed by atoms with Crippen molar-refractivity contribution in [3.8, 4) is 0 Å². The summed E-state index contributed by atoms with van der Waals surface area (Å²) in [4.78, 5) is 19.1. The molecule has 0 saturated carbocycles. The molecule has 4 heteroatoms. The van der Waals surface area contributed by atoms with Crippen LogP contribution in [0, 0.1) is 0 Å². The van der Waals surface area contributed by atoms with Crippen molar-refractivity contribution in [1.82, 2.24) is 4.90 Å². The topological polar surface area (TPSA) is 32.7 Å². The van der Waals surface area contributed by atoms with Gasteiger partial charge in [-0.15, -0.1) is 0 Å². The molecule has 98 valence electrons. The SMILES string of the molecule is O=C1N=C(N2CCCCC2)SC1=Cc1ccccc1. The van der Waals surface area contributed by atoms with Gasteiger partial charge in [0, 0.05) is 13.1 Å². The van der Waals surface area contributed by atoms with Crippen molar-refractivity contribution in [2.45, 2.75) is 19.3 Å². The molecular formula is C15H16N2OS. The van der Waals surface area contributed by atoms with E-state index in [2.05, 4.69) is 9.89 Å². The predicted molar refractivity (Wildman–Crippen MR) is 79.9 cm³/mol. The molecule has 1 saturated heterocycles. The fraction of sp³-hybridized carbons (Fsp3) is 0.333. The van der Waals surface area contributed by atoms with Crippen molar-refractivity contribution in [2.24, 2.45) is 4.99 Å². The van der Waals surface area contributed by atoms with E-state index >= 15 is 0 Å². The largest absolute Gasteiger partial charge is 0.351 e. The Morgan fingerprint density at radius 1 is 1.11 bits per heavy atom. The molecule has 0 radical (unpaired) electrons. The molecule has 0 aliphatic carbocycles. The van der Waals surface area contributed by atoms with Crippen LogP contribution in [0.3, 0.4) is 0 Å². The maximum Gasteiger partial charge on any atom is 0.286 e. The minimum Gasteiger partial charge on any atom is -0.351 e. The van der Waals surface area contributed by atoms with E-state index in [1.165, 1.54) is 31.0 Å². The second-order valence-corrected chi connectivity index (χ2v) is 5.78. The van der Waals surface area contributed by atoms with E-state index in [1.54, 1.807) is 0 Å². The van der Waals surface area contributed by atoms with Gasteiger partial charge in [0.05, 0.1) is 4.91 Å². The smallest absolute Gasteiger partial charge is 0.286 e. The van der Waals surface area contributed by atoms with Crippen molar-refractivity contribution in [3.05, 3.63) is 40.8 Å². The van der Waals surface area contributed by atoms with Gasteiger partial charge < -0.3 is 4.90 Å². The lowest BCUT2D eigenvalue weighted by atomic mass is 10.1. The van der Waals surface area contributed by atoms with Crippen LogP contribution in [-0.2, 0) is 4.79 Å². The van der Waals surface area contributed by atoms with Gasteiger partial charge in [-0.05, 0) is 42.7 Å². The summed E-state index contributed by atoms with van der Waals surface area (Å²) >= 11 is 1.51. The summed E-state index contributed by atoms with van der Waals surface area (Å²) in [5.41, 5.74) is 1.05. The van der Waals surface area contributed by atoms with Gasteiger partial charge in [-0.25, -0.2) is 0 Å². The highest BCUT2D eigenvalue weighted by Gasteiger charge is 2.26. The molecule has 0 unspecified atom stereocenters. The predicted octanol–water partition coefficient (Wildman–Crippen LogP) is 3.14. The molecule has 0 bridgehead atoms. The summed E-state index contributed by atoms with van der Waals surface area (Å²) in [5, 5.41) is 0.881. The summed E-state index contributed by atoms with van der Waals surface area (Å²) < 4.78 is 0. The lowest BCUT2D eigenvalue weighted by Crippen LogP contribution is -2.33. The molecule has 0 spiro atoms. The molecule has 1 fully saturated rings. The van der Waals surface area contributed by atoms with Crippen molar-refractivity contribution < 1.29 is 4.79 Å². The first-order valence-corrected chi connectivity index (χ1v) is 7.47. The fourth-order valence-electron chi connectivity index (χ4n) is 2.32. The van der Waals surface area contributed by atoms with Crippen LogP contribution >= 0.6 is 11.8 Å². The van der Waals surface area contributed by atoms with Crippen LogP contribution < -0.4 is 0 Å². The molecule has 1 amide bonds. The van der Waals surface area contributed by atoms with Gasteiger partial charge in [0.2, 0.25) is 0 Å². The van der Waals surface area contributed by atoms with Crippen LogP contribution in [0.5, 0.6) is 0 Å². The number of piperidine rings is 1. The van der Waals surface area contributed by atoms with Crippen molar-refractivity contribution in [3.63, 3.8) is 0 Å². The molecule has 1 aromatic carbocycles. The average molecular weight is 272 g/mol. The number of carbonyl (C=O) groups excluding carboxylic acids is 1. The number of aliphatic imine (C=N–C) groups is 1. The molecule has 3 nitrogen and oxygen atoms in total. The number of hydrogen-bond donors (Lipinski definition) is 0. The normalized spacial score (nSPS) is 21.9. The molecule has 0 atom stereocenters. The molecular weight excluding hydrogens is 256 g/mol. The third kappa shape index (κ3) is 2.89. The fourth-order valence-corrected chi connectivity index (χ4v) is 3.28. The van der Waals surface area contributed by atoms with Crippen LogP contribution in [0.15, 0.2) is 40.2 Å². The first-order chi connectivity index (χ1) is 9.33. The van der Waals surface area contributed by atoms with E-state index in [4.69, 9.17) is 0 Å². The number of rotatable bonds is 1. The average Bonchev–Trinajstić information content (AvgIpc) is 2.82. The summed E-state index contributed by atoms with van der Waals surface area (Å²) in [6.07, 6.45) is 5.61. The van der Waals surface area contributed by atoms with Crippen LogP contribution in [0.4, 0.5) is 0 Å². The number of amidine groups is 1. The number of benzene rings is 1. The Labute approximate surface area is 117 Å². The Balaban J connectivity index is 1.74. The van der Waals surface area contributed by atoms with Crippen molar-refractivity contribution in [1.29, 1.82) is 0 Å². The molecule has 0 N–H and O–H groups in total. The van der Waals surface area contributed by atoms with E-state index in [0.29, 0.717) is 0 Å². The van der Waals surface area contributed by atoms with Crippen LogP contribution in [0.2, 0.25) is 0 Å². The summed E-state index contributed by atoms with van der Waals surface area (Å²) in [5.74, 6) is -0.102. The second kappa shape index (κ2) is 5.61. The van der Waals surface area contributed by atoms with Gasteiger partial charge >= 0.3 is 0 Å². The zero-order valence-corrected chi connectivity index (χ0v) is 11.5. The summed E-state index contributed by atoms with van der Waals surface area (Å²) in [6, 6.07) is 9.92.